The van der Waals surface area contributed by atoms with E-state index in [4.69, 9.17) is 0 Å². The lowest BCUT2D eigenvalue weighted by Gasteiger charge is -2.33. The van der Waals surface area contributed by atoms with Gasteiger partial charge in [0.15, 0.2) is 0 Å². The number of carbonyl (C=O) groups is 2. The van der Waals surface area contributed by atoms with Crippen LogP contribution >= 0.6 is 0 Å². The second-order valence-corrected chi connectivity index (χ2v) is 5.87. The number of piperazine rings is 1. The number of nitriles is 1. The molecule has 1 aromatic carbocycles. The molecule has 1 fully saturated rings. The maximum Gasteiger partial charge on any atom is 0.263 e. The highest BCUT2D eigenvalue weighted by Gasteiger charge is 2.18. The first kappa shape index (κ1) is 18.3. The molecule has 1 saturated heterocycles. The Bertz CT molecular complexity index is 683. The van der Waals surface area contributed by atoms with Crippen LogP contribution in [0.3, 0.4) is 0 Å². The fourth-order valence-corrected chi connectivity index (χ4v) is 2.56. The molecular formula is C18H22N4O3. The van der Waals surface area contributed by atoms with Gasteiger partial charge in [-0.1, -0.05) is 12.1 Å². The summed E-state index contributed by atoms with van der Waals surface area (Å²) in [7, 11) is 0. The van der Waals surface area contributed by atoms with E-state index < -0.39 is 5.91 Å². The van der Waals surface area contributed by atoms with Crippen molar-refractivity contribution in [2.45, 2.75) is 13.3 Å². The van der Waals surface area contributed by atoms with Gasteiger partial charge in [0.1, 0.15) is 17.4 Å². The molecule has 7 heteroatoms. The molecule has 0 spiro atoms. The number of hydrogen-bond acceptors (Lipinski definition) is 5. The van der Waals surface area contributed by atoms with Crippen LogP contribution in [0.5, 0.6) is 5.75 Å². The molecule has 132 valence electrons. The van der Waals surface area contributed by atoms with Gasteiger partial charge in [0, 0.05) is 45.8 Å². The second-order valence-electron chi connectivity index (χ2n) is 5.87. The minimum absolute atomic E-state index is 0.0381. The van der Waals surface area contributed by atoms with E-state index in [0.717, 1.165) is 5.56 Å². The number of phenolic OH excluding ortho intramolecular Hbond substituents is 1. The average Bonchev–Trinajstić information content (AvgIpc) is 2.61. The van der Waals surface area contributed by atoms with Crippen molar-refractivity contribution in [2.24, 2.45) is 0 Å². The average molecular weight is 342 g/mol. The number of amides is 2. The van der Waals surface area contributed by atoms with Gasteiger partial charge >= 0.3 is 0 Å². The van der Waals surface area contributed by atoms with Crippen LogP contribution in [-0.4, -0.2) is 59.4 Å². The zero-order chi connectivity index (χ0) is 18.2. The second kappa shape index (κ2) is 8.73. The molecule has 7 nitrogen and oxygen atoms in total. The van der Waals surface area contributed by atoms with Crippen molar-refractivity contribution in [1.82, 2.24) is 15.1 Å². The monoisotopic (exact) mass is 342 g/mol. The Kier molecular flexibility index (Phi) is 6.40. The molecule has 2 N–H and O–H groups in total. The lowest BCUT2D eigenvalue weighted by Crippen LogP contribution is -2.46. The minimum Gasteiger partial charge on any atom is -0.508 e. The molecule has 0 aliphatic carbocycles. The molecule has 0 bridgehead atoms. The van der Waals surface area contributed by atoms with Crippen molar-refractivity contribution in [1.29, 1.82) is 5.26 Å². The number of phenols is 1. The van der Waals surface area contributed by atoms with E-state index in [-0.39, 0.29) is 17.2 Å². The first-order valence-corrected chi connectivity index (χ1v) is 8.17. The van der Waals surface area contributed by atoms with Gasteiger partial charge in [0.05, 0.1) is 0 Å². The third kappa shape index (κ3) is 5.53. The molecule has 1 aliphatic rings. The predicted molar refractivity (Wildman–Crippen MR) is 92.3 cm³/mol. The largest absolute Gasteiger partial charge is 0.508 e. The molecular weight excluding hydrogens is 320 g/mol. The lowest BCUT2D eigenvalue weighted by molar-refractivity contribution is -0.130. The molecule has 25 heavy (non-hydrogen) atoms. The van der Waals surface area contributed by atoms with Gasteiger partial charge in [0.25, 0.3) is 5.91 Å². The summed E-state index contributed by atoms with van der Waals surface area (Å²) >= 11 is 0. The van der Waals surface area contributed by atoms with E-state index in [2.05, 4.69) is 5.32 Å². The standard InChI is InChI=1S/C18H22N4O3/c1-14(23)22-10-8-21(9-11-22)13-16(12-19)18(25)20-7-6-15-2-4-17(24)5-3-15/h2-5,13,24H,6-11H2,1H3,(H,20,25)/b16-13-. The summed E-state index contributed by atoms with van der Waals surface area (Å²) in [4.78, 5) is 27.1. The van der Waals surface area contributed by atoms with Crippen LogP contribution < -0.4 is 5.32 Å². The Morgan fingerprint density at radius 3 is 2.44 bits per heavy atom. The van der Waals surface area contributed by atoms with Crippen LogP contribution in [0.1, 0.15) is 12.5 Å². The van der Waals surface area contributed by atoms with Crippen LogP contribution in [-0.2, 0) is 16.0 Å². The van der Waals surface area contributed by atoms with Crippen molar-refractivity contribution in [2.75, 3.05) is 32.7 Å². The Morgan fingerprint density at radius 1 is 1.24 bits per heavy atom. The molecule has 0 unspecified atom stereocenters. The Balaban J connectivity index is 1.83. The van der Waals surface area contributed by atoms with E-state index in [1.165, 1.54) is 6.92 Å². The summed E-state index contributed by atoms with van der Waals surface area (Å²) in [5, 5.41) is 21.2. The summed E-state index contributed by atoms with van der Waals surface area (Å²) in [6.07, 6.45) is 2.18. The van der Waals surface area contributed by atoms with Crippen molar-refractivity contribution < 1.29 is 14.7 Å². The summed E-state index contributed by atoms with van der Waals surface area (Å²) in [5.74, 6) is -0.168. The SMILES string of the molecule is CC(=O)N1CCN(/C=C(/C#N)C(=O)NCCc2ccc(O)cc2)CC1. The van der Waals surface area contributed by atoms with E-state index in [0.29, 0.717) is 39.1 Å². The topological polar surface area (TPSA) is 96.7 Å². The van der Waals surface area contributed by atoms with Gasteiger partial charge in [-0.2, -0.15) is 5.26 Å². The van der Waals surface area contributed by atoms with Crippen molar-refractivity contribution >= 4 is 11.8 Å². The fourth-order valence-electron chi connectivity index (χ4n) is 2.56. The normalized spacial score (nSPS) is 14.8. The maximum atomic E-state index is 12.1. The zero-order valence-corrected chi connectivity index (χ0v) is 14.2. The maximum absolute atomic E-state index is 12.1. The first-order valence-electron chi connectivity index (χ1n) is 8.17. The molecule has 0 radical (unpaired) electrons. The minimum atomic E-state index is -0.407. The number of aromatic hydroxyl groups is 1. The van der Waals surface area contributed by atoms with Crippen LogP contribution in [0.25, 0.3) is 0 Å². The summed E-state index contributed by atoms with van der Waals surface area (Å²) < 4.78 is 0. The summed E-state index contributed by atoms with van der Waals surface area (Å²) in [5.41, 5.74) is 1.04. The van der Waals surface area contributed by atoms with E-state index >= 15 is 0 Å². The molecule has 0 atom stereocenters. The van der Waals surface area contributed by atoms with E-state index in [1.807, 2.05) is 11.0 Å². The molecule has 2 amide bonds. The number of nitrogens with zero attached hydrogens (tertiary/aromatic N) is 3. The Morgan fingerprint density at radius 2 is 1.88 bits per heavy atom. The lowest BCUT2D eigenvalue weighted by atomic mass is 10.1. The van der Waals surface area contributed by atoms with E-state index in [9.17, 15) is 20.0 Å². The number of benzene rings is 1. The van der Waals surface area contributed by atoms with Crippen LogP contribution in [0.15, 0.2) is 36.0 Å². The molecule has 2 rings (SSSR count). The summed E-state index contributed by atoms with van der Waals surface area (Å²) in [6.45, 7) is 4.33. The molecule has 1 aliphatic heterocycles. The van der Waals surface area contributed by atoms with Gasteiger partial charge in [0.2, 0.25) is 5.91 Å². The zero-order valence-electron chi connectivity index (χ0n) is 14.2. The highest BCUT2D eigenvalue weighted by molar-refractivity contribution is 5.97. The highest BCUT2D eigenvalue weighted by Crippen LogP contribution is 2.10. The molecule has 1 aromatic rings. The quantitative estimate of drug-likeness (QED) is 0.604. The Labute approximate surface area is 147 Å². The van der Waals surface area contributed by atoms with Crippen molar-refractivity contribution in [3.63, 3.8) is 0 Å². The Hall–Kier alpha value is -3.01. The van der Waals surface area contributed by atoms with Gasteiger partial charge < -0.3 is 20.2 Å². The highest BCUT2D eigenvalue weighted by atomic mass is 16.3. The predicted octanol–water partition coefficient (Wildman–Crippen LogP) is 0.622. The number of nitrogens with one attached hydrogen (secondary N) is 1. The van der Waals surface area contributed by atoms with Gasteiger partial charge in [-0.3, -0.25) is 9.59 Å². The third-order valence-corrected chi connectivity index (χ3v) is 4.07. The molecule has 0 saturated carbocycles. The summed E-state index contributed by atoms with van der Waals surface area (Å²) in [6, 6.07) is 8.70. The third-order valence-electron chi connectivity index (χ3n) is 4.07. The first-order chi connectivity index (χ1) is 12.0. The number of hydrogen-bond donors (Lipinski definition) is 2. The van der Waals surface area contributed by atoms with Gasteiger partial charge in [-0.25, -0.2) is 0 Å². The fraction of sp³-hybridized carbons (Fsp3) is 0.389. The van der Waals surface area contributed by atoms with Crippen LogP contribution in [0.4, 0.5) is 0 Å². The van der Waals surface area contributed by atoms with Crippen LogP contribution in [0.2, 0.25) is 0 Å². The van der Waals surface area contributed by atoms with Gasteiger partial charge in [-0.05, 0) is 24.1 Å². The number of rotatable bonds is 5. The van der Waals surface area contributed by atoms with Gasteiger partial charge in [-0.15, -0.1) is 0 Å². The smallest absolute Gasteiger partial charge is 0.263 e. The molecule has 0 aromatic heterocycles. The van der Waals surface area contributed by atoms with Crippen molar-refractivity contribution in [3.8, 4) is 11.8 Å². The number of carbonyl (C=O) groups excluding carboxylic acids is 2. The van der Waals surface area contributed by atoms with Crippen LogP contribution in [0, 0.1) is 11.3 Å². The van der Waals surface area contributed by atoms with E-state index in [1.54, 1.807) is 35.4 Å². The molecule has 1 heterocycles. The van der Waals surface area contributed by atoms with Crippen molar-refractivity contribution in [3.05, 3.63) is 41.6 Å².